The summed E-state index contributed by atoms with van der Waals surface area (Å²) in [5.41, 5.74) is 1.21. The van der Waals surface area contributed by atoms with Gasteiger partial charge < -0.3 is 14.8 Å². The number of ether oxygens (including phenoxy) is 2. The van der Waals surface area contributed by atoms with Crippen molar-refractivity contribution in [1.29, 1.82) is 0 Å². The largest absolute Gasteiger partial charge is 0.493 e. The van der Waals surface area contributed by atoms with Crippen LogP contribution in [-0.2, 0) is 6.54 Å². The molecule has 0 amide bonds. The Labute approximate surface area is 133 Å². The average molecular weight is 310 g/mol. The van der Waals surface area contributed by atoms with Gasteiger partial charge in [-0.15, -0.1) is 18.8 Å². The molecule has 1 aromatic rings. The first-order chi connectivity index (χ1) is 9.83. The average Bonchev–Trinajstić information content (AvgIpc) is 2.52. The molecule has 1 aliphatic carbocycles. The third kappa shape index (κ3) is 5.49. The van der Waals surface area contributed by atoms with Gasteiger partial charge in [0.15, 0.2) is 11.5 Å². The first kappa shape index (κ1) is 17.7. The Morgan fingerprint density at radius 2 is 2.00 bits per heavy atom. The van der Waals surface area contributed by atoms with E-state index >= 15 is 0 Å². The minimum atomic E-state index is 0. The molecule has 3 nitrogen and oxygen atoms in total. The Hall–Kier alpha value is -1.37. The third-order valence-electron chi connectivity index (χ3n) is 3.74. The molecular weight excluding hydrogens is 286 g/mol. The van der Waals surface area contributed by atoms with E-state index in [0.29, 0.717) is 11.8 Å². The van der Waals surface area contributed by atoms with Crippen LogP contribution in [0.3, 0.4) is 0 Å². The molecular formula is C17H24ClNO2. The second-order valence-corrected chi connectivity index (χ2v) is 5.19. The smallest absolute Gasteiger partial charge is 0.162 e. The highest BCUT2D eigenvalue weighted by Gasteiger charge is 2.13. The van der Waals surface area contributed by atoms with Crippen LogP contribution in [0.4, 0.5) is 0 Å². The van der Waals surface area contributed by atoms with Crippen molar-refractivity contribution in [2.75, 3.05) is 13.7 Å². The van der Waals surface area contributed by atoms with E-state index in [1.54, 1.807) is 7.11 Å². The summed E-state index contributed by atoms with van der Waals surface area (Å²) >= 11 is 0. The quantitative estimate of drug-likeness (QED) is 0.815. The van der Waals surface area contributed by atoms with E-state index in [0.717, 1.165) is 12.3 Å². The summed E-state index contributed by atoms with van der Waals surface area (Å²) in [5.74, 6) is 3.90. The number of terminal acetylenes is 1. The molecule has 1 aromatic carbocycles. The zero-order valence-corrected chi connectivity index (χ0v) is 13.4. The summed E-state index contributed by atoms with van der Waals surface area (Å²) in [6.07, 6.45) is 11.9. The molecule has 4 heteroatoms. The third-order valence-corrected chi connectivity index (χ3v) is 3.74. The molecule has 0 atom stereocenters. The second kappa shape index (κ2) is 9.55. The number of nitrogens with one attached hydrogen (secondary N) is 1. The van der Waals surface area contributed by atoms with E-state index < -0.39 is 0 Å². The summed E-state index contributed by atoms with van der Waals surface area (Å²) in [4.78, 5) is 0. The van der Waals surface area contributed by atoms with Crippen LogP contribution >= 0.6 is 12.4 Å². The summed E-state index contributed by atoms with van der Waals surface area (Å²) in [5, 5.41) is 3.62. The lowest BCUT2D eigenvalue weighted by atomic mass is 9.95. The highest BCUT2D eigenvalue weighted by atomic mass is 35.5. The van der Waals surface area contributed by atoms with Gasteiger partial charge in [0.1, 0.15) is 6.61 Å². The summed E-state index contributed by atoms with van der Waals surface area (Å²) < 4.78 is 10.8. The molecule has 0 radical (unpaired) electrons. The van der Waals surface area contributed by atoms with Crippen LogP contribution in [0.5, 0.6) is 11.5 Å². The minimum Gasteiger partial charge on any atom is -0.493 e. The zero-order chi connectivity index (χ0) is 14.2. The summed E-state index contributed by atoms with van der Waals surface area (Å²) in [6, 6.07) is 6.66. The second-order valence-electron chi connectivity index (χ2n) is 5.19. The molecule has 1 fully saturated rings. The Balaban J connectivity index is 0.00000220. The van der Waals surface area contributed by atoms with Crippen LogP contribution < -0.4 is 14.8 Å². The van der Waals surface area contributed by atoms with Crippen molar-refractivity contribution in [1.82, 2.24) is 5.32 Å². The Morgan fingerprint density at radius 1 is 1.24 bits per heavy atom. The van der Waals surface area contributed by atoms with Crippen molar-refractivity contribution in [3.8, 4) is 23.8 Å². The fourth-order valence-electron chi connectivity index (χ4n) is 2.63. The molecule has 1 aliphatic rings. The van der Waals surface area contributed by atoms with Crippen LogP contribution in [0.15, 0.2) is 18.2 Å². The molecule has 0 bridgehead atoms. The SMILES string of the molecule is C#CCOc1ccc(CNC2CCCCC2)cc1OC.Cl. The van der Waals surface area contributed by atoms with E-state index in [4.69, 9.17) is 15.9 Å². The van der Waals surface area contributed by atoms with Crippen LogP contribution in [-0.4, -0.2) is 19.8 Å². The van der Waals surface area contributed by atoms with Crippen LogP contribution in [0, 0.1) is 12.3 Å². The number of hydrogen-bond acceptors (Lipinski definition) is 3. The highest BCUT2D eigenvalue weighted by molar-refractivity contribution is 5.85. The maximum Gasteiger partial charge on any atom is 0.162 e. The molecule has 21 heavy (non-hydrogen) atoms. The van der Waals surface area contributed by atoms with Crippen LogP contribution in [0.1, 0.15) is 37.7 Å². The van der Waals surface area contributed by atoms with Crippen molar-refractivity contribution in [2.24, 2.45) is 0 Å². The van der Waals surface area contributed by atoms with Gasteiger partial charge in [-0.3, -0.25) is 0 Å². The fraction of sp³-hybridized carbons (Fsp3) is 0.529. The Bertz CT molecular complexity index is 464. The van der Waals surface area contributed by atoms with Crippen molar-refractivity contribution in [2.45, 2.75) is 44.7 Å². The first-order valence-corrected chi connectivity index (χ1v) is 7.30. The molecule has 0 unspecified atom stereocenters. The van der Waals surface area contributed by atoms with Gasteiger partial charge in [-0.05, 0) is 30.5 Å². The van der Waals surface area contributed by atoms with Gasteiger partial charge in [0, 0.05) is 12.6 Å². The monoisotopic (exact) mass is 309 g/mol. The van der Waals surface area contributed by atoms with Gasteiger partial charge in [0.05, 0.1) is 7.11 Å². The minimum absolute atomic E-state index is 0. The van der Waals surface area contributed by atoms with Crippen LogP contribution in [0.25, 0.3) is 0 Å². The van der Waals surface area contributed by atoms with Crippen molar-refractivity contribution < 1.29 is 9.47 Å². The van der Waals surface area contributed by atoms with Gasteiger partial charge in [-0.25, -0.2) is 0 Å². The molecule has 1 saturated carbocycles. The summed E-state index contributed by atoms with van der Waals surface area (Å²) in [7, 11) is 1.65. The van der Waals surface area contributed by atoms with E-state index in [1.165, 1.54) is 37.7 Å². The first-order valence-electron chi connectivity index (χ1n) is 7.30. The number of methoxy groups -OCH3 is 1. The fourth-order valence-corrected chi connectivity index (χ4v) is 2.63. The maximum absolute atomic E-state index is 5.45. The van der Waals surface area contributed by atoms with E-state index in [2.05, 4.69) is 17.3 Å². The van der Waals surface area contributed by atoms with Crippen molar-refractivity contribution >= 4 is 12.4 Å². The van der Waals surface area contributed by atoms with Gasteiger partial charge in [-0.2, -0.15) is 0 Å². The normalized spacial score (nSPS) is 14.9. The zero-order valence-electron chi connectivity index (χ0n) is 12.6. The number of benzene rings is 1. The van der Waals surface area contributed by atoms with E-state index in [9.17, 15) is 0 Å². The topological polar surface area (TPSA) is 30.5 Å². The lowest BCUT2D eigenvalue weighted by Gasteiger charge is -2.23. The molecule has 0 aromatic heterocycles. The number of halogens is 1. The van der Waals surface area contributed by atoms with Crippen molar-refractivity contribution in [3.05, 3.63) is 23.8 Å². The molecule has 0 aliphatic heterocycles. The Kier molecular flexibility index (Phi) is 8.04. The maximum atomic E-state index is 5.45. The number of hydrogen-bond donors (Lipinski definition) is 1. The van der Waals surface area contributed by atoms with Crippen LogP contribution in [0.2, 0.25) is 0 Å². The van der Waals surface area contributed by atoms with Gasteiger partial charge >= 0.3 is 0 Å². The van der Waals surface area contributed by atoms with Gasteiger partial charge in [-0.1, -0.05) is 31.2 Å². The Morgan fingerprint density at radius 3 is 2.67 bits per heavy atom. The standard InChI is InChI=1S/C17H23NO2.ClH/c1-3-11-20-16-10-9-14(12-17(16)19-2)13-18-15-7-5-4-6-8-15;/h1,9-10,12,15,18H,4-8,11,13H2,2H3;1H. The van der Waals surface area contributed by atoms with Gasteiger partial charge in [0.2, 0.25) is 0 Å². The lowest BCUT2D eigenvalue weighted by molar-refractivity contribution is 0.330. The van der Waals surface area contributed by atoms with Gasteiger partial charge in [0.25, 0.3) is 0 Å². The lowest BCUT2D eigenvalue weighted by Crippen LogP contribution is -2.30. The predicted octanol–water partition coefficient (Wildman–Crippen LogP) is 3.55. The predicted molar refractivity (Wildman–Crippen MR) is 88.3 cm³/mol. The molecule has 0 saturated heterocycles. The van der Waals surface area contributed by atoms with E-state index in [-0.39, 0.29) is 19.0 Å². The molecule has 0 heterocycles. The molecule has 1 N–H and O–H groups in total. The summed E-state index contributed by atoms with van der Waals surface area (Å²) in [6.45, 7) is 1.13. The van der Waals surface area contributed by atoms with E-state index in [1.807, 2.05) is 12.1 Å². The highest BCUT2D eigenvalue weighted by Crippen LogP contribution is 2.28. The number of rotatable bonds is 6. The molecule has 116 valence electrons. The van der Waals surface area contributed by atoms with Crippen molar-refractivity contribution in [3.63, 3.8) is 0 Å². The molecule has 0 spiro atoms. The molecule has 2 rings (SSSR count).